The lowest BCUT2D eigenvalue weighted by Gasteiger charge is -2.30. The number of nitrogens with zero attached hydrogens (tertiary/aromatic N) is 4. The van der Waals surface area contributed by atoms with Crippen LogP contribution >= 0.6 is 0 Å². The van der Waals surface area contributed by atoms with Crippen LogP contribution in [0.2, 0.25) is 0 Å². The molecule has 0 radical (unpaired) electrons. The average Bonchev–Trinajstić information content (AvgIpc) is 2.83. The van der Waals surface area contributed by atoms with Crippen LogP contribution in [0.25, 0.3) is 0 Å². The van der Waals surface area contributed by atoms with Crippen molar-refractivity contribution in [1.82, 2.24) is 24.8 Å². The fraction of sp³-hybridized carbons (Fsp3) is 0.292. The number of benzene rings is 1. The molecule has 0 atom stereocenters. The van der Waals surface area contributed by atoms with Gasteiger partial charge in [-0.1, -0.05) is 37.3 Å². The molecule has 8 heteroatoms. The van der Waals surface area contributed by atoms with Crippen LogP contribution in [-0.2, 0) is 30.8 Å². The summed E-state index contributed by atoms with van der Waals surface area (Å²) in [5.74, 6) is 0.0787. The Kier molecular flexibility index (Phi) is 6.39. The standard InChI is InChI=1S/C24H25N5O3/c1-2-21(30)28-12-9-19-18(15-28)16-29(14-17-7-4-3-5-8-17)24(32)22(19)23(31)27-13-20-25-10-6-11-26-20/h3-8,10-11,16H,2,9,12-15H2,1H3,(H,27,31). The van der Waals surface area contributed by atoms with Gasteiger partial charge in [0.1, 0.15) is 11.4 Å². The fourth-order valence-corrected chi connectivity index (χ4v) is 3.95. The van der Waals surface area contributed by atoms with Crippen molar-refractivity contribution < 1.29 is 9.59 Å². The van der Waals surface area contributed by atoms with Crippen LogP contribution in [0, 0.1) is 0 Å². The zero-order chi connectivity index (χ0) is 22.5. The normalized spacial score (nSPS) is 12.8. The molecular weight excluding hydrogens is 406 g/mol. The summed E-state index contributed by atoms with van der Waals surface area (Å²) in [6.45, 7) is 3.18. The first-order valence-electron chi connectivity index (χ1n) is 10.7. The van der Waals surface area contributed by atoms with E-state index in [0.29, 0.717) is 43.9 Å². The minimum atomic E-state index is -0.448. The van der Waals surface area contributed by atoms with Gasteiger partial charge in [-0.15, -0.1) is 0 Å². The highest BCUT2D eigenvalue weighted by Crippen LogP contribution is 2.22. The van der Waals surface area contributed by atoms with E-state index < -0.39 is 5.91 Å². The maximum Gasteiger partial charge on any atom is 0.264 e. The van der Waals surface area contributed by atoms with Gasteiger partial charge in [0.25, 0.3) is 11.5 Å². The van der Waals surface area contributed by atoms with Crippen molar-refractivity contribution in [3.8, 4) is 0 Å². The largest absolute Gasteiger partial charge is 0.345 e. The summed E-state index contributed by atoms with van der Waals surface area (Å²) < 4.78 is 1.56. The molecule has 0 saturated carbocycles. The molecule has 164 valence electrons. The van der Waals surface area contributed by atoms with E-state index in [1.807, 2.05) is 37.3 Å². The molecule has 1 aromatic carbocycles. The smallest absolute Gasteiger partial charge is 0.264 e. The number of pyridine rings is 1. The average molecular weight is 431 g/mol. The summed E-state index contributed by atoms with van der Waals surface area (Å²) in [5.41, 5.74) is 2.30. The number of aromatic nitrogens is 3. The highest BCUT2D eigenvalue weighted by molar-refractivity contribution is 5.95. The van der Waals surface area contributed by atoms with Crippen LogP contribution in [-0.4, -0.2) is 37.8 Å². The molecule has 0 fully saturated rings. The zero-order valence-corrected chi connectivity index (χ0v) is 18.0. The second-order valence-corrected chi connectivity index (χ2v) is 7.69. The Hall–Kier alpha value is -3.81. The maximum atomic E-state index is 13.4. The van der Waals surface area contributed by atoms with Gasteiger partial charge < -0.3 is 14.8 Å². The van der Waals surface area contributed by atoms with Crippen LogP contribution in [0.5, 0.6) is 0 Å². The van der Waals surface area contributed by atoms with Gasteiger partial charge in [0.15, 0.2) is 0 Å². The minimum absolute atomic E-state index is 0.0590. The molecule has 1 aliphatic rings. The van der Waals surface area contributed by atoms with E-state index in [4.69, 9.17) is 0 Å². The van der Waals surface area contributed by atoms with E-state index in [-0.39, 0.29) is 23.6 Å². The van der Waals surface area contributed by atoms with Gasteiger partial charge >= 0.3 is 0 Å². The molecule has 32 heavy (non-hydrogen) atoms. The third-order valence-electron chi connectivity index (χ3n) is 5.57. The first kappa shape index (κ1) is 21.4. The fourth-order valence-electron chi connectivity index (χ4n) is 3.95. The van der Waals surface area contributed by atoms with E-state index in [1.165, 1.54) is 0 Å². The Balaban J connectivity index is 1.70. The van der Waals surface area contributed by atoms with Crippen LogP contribution in [0.15, 0.2) is 59.8 Å². The molecule has 4 rings (SSSR count). The number of nitrogens with one attached hydrogen (secondary N) is 1. The summed E-state index contributed by atoms with van der Waals surface area (Å²) in [4.78, 5) is 48.8. The third-order valence-corrected chi connectivity index (χ3v) is 5.57. The molecule has 0 spiro atoms. The van der Waals surface area contributed by atoms with E-state index in [2.05, 4.69) is 15.3 Å². The van der Waals surface area contributed by atoms with E-state index >= 15 is 0 Å². The van der Waals surface area contributed by atoms with Crippen LogP contribution in [0.4, 0.5) is 0 Å². The monoisotopic (exact) mass is 431 g/mol. The molecule has 3 heterocycles. The van der Waals surface area contributed by atoms with Crippen molar-refractivity contribution in [2.45, 2.75) is 39.4 Å². The third kappa shape index (κ3) is 4.59. The summed E-state index contributed by atoms with van der Waals surface area (Å²) >= 11 is 0. The Morgan fingerprint density at radius 2 is 1.84 bits per heavy atom. The molecule has 1 aliphatic heterocycles. The van der Waals surface area contributed by atoms with Gasteiger partial charge in [0, 0.05) is 38.1 Å². The van der Waals surface area contributed by atoms with Crippen molar-refractivity contribution in [3.05, 3.63) is 93.4 Å². The van der Waals surface area contributed by atoms with Gasteiger partial charge in [0.05, 0.1) is 13.1 Å². The Morgan fingerprint density at radius 3 is 2.56 bits per heavy atom. The minimum Gasteiger partial charge on any atom is -0.345 e. The summed E-state index contributed by atoms with van der Waals surface area (Å²) in [6, 6.07) is 11.3. The van der Waals surface area contributed by atoms with Gasteiger partial charge in [-0.05, 0) is 29.2 Å². The second kappa shape index (κ2) is 9.55. The van der Waals surface area contributed by atoms with Gasteiger partial charge in [0.2, 0.25) is 5.91 Å². The number of hydrogen-bond donors (Lipinski definition) is 1. The molecule has 0 saturated heterocycles. The lowest BCUT2D eigenvalue weighted by Crippen LogP contribution is -2.41. The number of rotatable bonds is 6. The van der Waals surface area contributed by atoms with Crippen molar-refractivity contribution >= 4 is 11.8 Å². The van der Waals surface area contributed by atoms with Crippen LogP contribution < -0.4 is 10.9 Å². The topological polar surface area (TPSA) is 97.2 Å². The predicted octanol–water partition coefficient (Wildman–Crippen LogP) is 1.91. The summed E-state index contributed by atoms with van der Waals surface area (Å²) in [5, 5.41) is 2.78. The molecule has 0 aliphatic carbocycles. The first-order valence-corrected chi connectivity index (χ1v) is 10.7. The Morgan fingerprint density at radius 1 is 1.09 bits per heavy atom. The lowest BCUT2D eigenvalue weighted by molar-refractivity contribution is -0.131. The van der Waals surface area contributed by atoms with Crippen molar-refractivity contribution in [2.75, 3.05) is 6.54 Å². The molecule has 8 nitrogen and oxygen atoms in total. The zero-order valence-electron chi connectivity index (χ0n) is 18.0. The highest BCUT2D eigenvalue weighted by Gasteiger charge is 2.27. The predicted molar refractivity (Wildman–Crippen MR) is 119 cm³/mol. The molecule has 2 amide bonds. The Bertz CT molecular complexity index is 1180. The highest BCUT2D eigenvalue weighted by atomic mass is 16.2. The number of hydrogen-bond acceptors (Lipinski definition) is 5. The van der Waals surface area contributed by atoms with Crippen molar-refractivity contribution in [3.63, 3.8) is 0 Å². The Labute approximate surface area is 185 Å². The second-order valence-electron chi connectivity index (χ2n) is 7.69. The quantitative estimate of drug-likeness (QED) is 0.643. The number of carbonyl (C=O) groups excluding carboxylic acids is 2. The van der Waals surface area contributed by atoms with Crippen LogP contribution in [0.3, 0.4) is 0 Å². The molecule has 1 N–H and O–H groups in total. The molecular formula is C24H25N5O3. The lowest BCUT2D eigenvalue weighted by atomic mass is 9.95. The number of amides is 2. The maximum absolute atomic E-state index is 13.4. The molecule has 2 aromatic heterocycles. The van der Waals surface area contributed by atoms with E-state index in [9.17, 15) is 14.4 Å². The van der Waals surface area contributed by atoms with Gasteiger partial charge in [-0.2, -0.15) is 0 Å². The number of carbonyl (C=O) groups is 2. The summed E-state index contributed by atoms with van der Waals surface area (Å²) in [6.07, 6.45) is 5.88. The van der Waals surface area contributed by atoms with E-state index in [1.54, 1.807) is 34.1 Å². The van der Waals surface area contributed by atoms with Crippen molar-refractivity contribution in [1.29, 1.82) is 0 Å². The molecule has 0 unspecified atom stereocenters. The van der Waals surface area contributed by atoms with Gasteiger partial charge in [-0.3, -0.25) is 14.4 Å². The molecule has 0 bridgehead atoms. The number of fused-ring (bicyclic) bond motifs is 1. The molecule has 3 aromatic rings. The van der Waals surface area contributed by atoms with Gasteiger partial charge in [-0.25, -0.2) is 9.97 Å². The van der Waals surface area contributed by atoms with E-state index in [0.717, 1.165) is 11.1 Å². The SMILES string of the molecule is CCC(=O)N1CCc2c(cn(Cc3ccccc3)c(=O)c2C(=O)NCc2ncccn2)C1. The summed E-state index contributed by atoms with van der Waals surface area (Å²) in [7, 11) is 0. The first-order chi connectivity index (χ1) is 15.6. The van der Waals surface area contributed by atoms with Crippen LogP contribution in [0.1, 0.15) is 46.2 Å². The van der Waals surface area contributed by atoms with Crippen molar-refractivity contribution in [2.24, 2.45) is 0 Å².